The molecule has 1 aromatic carbocycles. The number of anilines is 1. The maximum absolute atomic E-state index is 13.2. The molecule has 1 aromatic rings. The van der Waals surface area contributed by atoms with Crippen molar-refractivity contribution in [3.05, 3.63) is 52.9 Å². The van der Waals surface area contributed by atoms with E-state index in [1.165, 1.54) is 14.2 Å². The lowest BCUT2D eigenvalue weighted by Crippen LogP contribution is -2.51. The molecule has 0 amide bonds. The molecule has 6 nitrogen and oxygen atoms in total. The highest BCUT2D eigenvalue weighted by Crippen LogP contribution is 2.45. The Bertz CT molecular complexity index is 737. The van der Waals surface area contributed by atoms with E-state index in [0.717, 1.165) is 5.69 Å². The minimum absolute atomic E-state index is 0.0233. The summed E-state index contributed by atoms with van der Waals surface area (Å²) in [6, 6.07) is 7.15. The average molecular weight is 331 g/mol. The summed E-state index contributed by atoms with van der Waals surface area (Å²) in [7, 11) is 8.09. The topological polar surface area (TPSA) is 57.2 Å². The Morgan fingerprint density at radius 2 is 1.46 bits per heavy atom. The lowest BCUT2D eigenvalue weighted by Gasteiger charge is -2.43. The Morgan fingerprint density at radius 1 is 0.875 bits per heavy atom. The molecule has 1 heterocycles. The Kier molecular flexibility index (Phi) is 4.13. The molecular weight excluding hydrogens is 310 g/mol. The molecule has 0 fully saturated rings. The largest absolute Gasteiger partial charge is 0.496 e. The molecule has 0 N–H and O–H groups in total. The van der Waals surface area contributed by atoms with Crippen LogP contribution in [0.5, 0.6) is 0 Å². The number of fused-ring (bicyclic) bond motifs is 2. The van der Waals surface area contributed by atoms with E-state index in [1.54, 1.807) is 14.2 Å². The summed E-state index contributed by atoms with van der Waals surface area (Å²) in [5.74, 6) is 1.25. The lowest BCUT2D eigenvalue weighted by atomic mass is 9.79. The van der Waals surface area contributed by atoms with E-state index in [4.69, 9.17) is 18.9 Å². The number of ether oxygens (including phenoxy) is 4. The number of methoxy groups -OCH3 is 4. The first kappa shape index (κ1) is 16.2. The molecule has 0 aromatic heterocycles. The molecule has 2 aliphatic rings. The van der Waals surface area contributed by atoms with Gasteiger partial charge in [0.2, 0.25) is 11.5 Å². The third-order valence-corrected chi connectivity index (χ3v) is 4.62. The predicted octanol–water partition coefficient (Wildman–Crippen LogP) is 2.33. The van der Waals surface area contributed by atoms with Crippen LogP contribution in [0.2, 0.25) is 0 Å². The molecule has 0 radical (unpaired) electrons. The van der Waals surface area contributed by atoms with Crippen molar-refractivity contribution < 1.29 is 23.7 Å². The van der Waals surface area contributed by atoms with E-state index < -0.39 is 5.92 Å². The third kappa shape index (κ3) is 2.06. The van der Waals surface area contributed by atoms with Gasteiger partial charge in [0.15, 0.2) is 17.3 Å². The van der Waals surface area contributed by atoms with E-state index >= 15 is 0 Å². The van der Waals surface area contributed by atoms with Crippen molar-refractivity contribution >= 4 is 11.5 Å². The molecule has 0 spiro atoms. The molecule has 24 heavy (non-hydrogen) atoms. The summed E-state index contributed by atoms with van der Waals surface area (Å²) in [5.41, 5.74) is 1.51. The predicted molar refractivity (Wildman–Crippen MR) is 88.5 cm³/mol. The molecule has 1 aliphatic carbocycles. The Labute approximate surface area is 141 Å². The minimum Gasteiger partial charge on any atom is -0.496 e. The van der Waals surface area contributed by atoms with Gasteiger partial charge in [-0.3, -0.25) is 4.79 Å². The van der Waals surface area contributed by atoms with Crippen LogP contribution < -0.4 is 4.90 Å². The zero-order chi connectivity index (χ0) is 17.4. The standard InChI is InChI=1S/C18H21NO5/c1-19-11-9-7-6-8-10(11)14(20)12-13(19)16(22-3)18(24-5)17(23-4)15(12)21-2/h6-9,12-13H,1-5H3. The zero-order valence-corrected chi connectivity index (χ0v) is 14.5. The van der Waals surface area contributed by atoms with Crippen LogP contribution in [0.15, 0.2) is 47.3 Å². The number of para-hydroxylation sites is 1. The van der Waals surface area contributed by atoms with Gasteiger partial charge >= 0.3 is 0 Å². The van der Waals surface area contributed by atoms with E-state index in [-0.39, 0.29) is 11.8 Å². The molecule has 3 rings (SSSR count). The molecule has 128 valence electrons. The first-order chi connectivity index (χ1) is 11.6. The van der Waals surface area contributed by atoms with E-state index in [2.05, 4.69) is 0 Å². The number of hydrogen-bond donors (Lipinski definition) is 0. The van der Waals surface area contributed by atoms with Crippen LogP contribution in [-0.2, 0) is 18.9 Å². The van der Waals surface area contributed by atoms with Crippen molar-refractivity contribution in [3.8, 4) is 0 Å². The molecule has 2 atom stereocenters. The van der Waals surface area contributed by atoms with Gasteiger partial charge in [-0.2, -0.15) is 0 Å². The monoisotopic (exact) mass is 331 g/mol. The average Bonchev–Trinajstić information content (AvgIpc) is 2.63. The smallest absolute Gasteiger partial charge is 0.204 e. The lowest BCUT2D eigenvalue weighted by molar-refractivity contribution is 0.0752. The Balaban J connectivity index is 2.29. The number of rotatable bonds is 4. The van der Waals surface area contributed by atoms with Crippen LogP contribution in [0.1, 0.15) is 10.4 Å². The molecule has 0 bridgehead atoms. The first-order valence-electron chi connectivity index (χ1n) is 7.61. The second kappa shape index (κ2) is 6.11. The van der Waals surface area contributed by atoms with Gasteiger partial charge in [0.1, 0.15) is 12.0 Å². The number of likely N-dealkylation sites (N-methyl/N-ethyl adjacent to an activating group) is 1. The number of carbonyl (C=O) groups is 1. The summed E-state index contributed by atoms with van der Waals surface area (Å²) < 4.78 is 22.2. The number of carbonyl (C=O) groups excluding carboxylic acids is 1. The molecular formula is C18H21NO5. The fourth-order valence-corrected chi connectivity index (χ4v) is 3.58. The normalized spacial score (nSPS) is 22.9. The van der Waals surface area contributed by atoms with Crippen LogP contribution in [0.4, 0.5) is 5.69 Å². The zero-order valence-electron chi connectivity index (χ0n) is 14.5. The van der Waals surface area contributed by atoms with Gasteiger partial charge < -0.3 is 23.8 Å². The minimum atomic E-state index is -0.557. The van der Waals surface area contributed by atoms with Crippen molar-refractivity contribution in [2.75, 3.05) is 40.4 Å². The molecule has 6 heteroatoms. The van der Waals surface area contributed by atoms with Crippen LogP contribution in [-0.4, -0.2) is 47.3 Å². The Hall–Kier alpha value is -2.63. The van der Waals surface area contributed by atoms with Gasteiger partial charge in [-0.05, 0) is 12.1 Å². The van der Waals surface area contributed by atoms with Crippen LogP contribution in [0, 0.1) is 5.92 Å². The highest BCUT2D eigenvalue weighted by atomic mass is 16.6. The second-order valence-electron chi connectivity index (χ2n) is 5.62. The number of Topliss-reactive ketones (excluding diaryl/α,β-unsaturated/α-hetero) is 1. The van der Waals surface area contributed by atoms with E-state index in [9.17, 15) is 4.79 Å². The molecule has 1 aliphatic heterocycles. The van der Waals surface area contributed by atoms with E-state index in [0.29, 0.717) is 28.6 Å². The van der Waals surface area contributed by atoms with Crippen LogP contribution in [0.3, 0.4) is 0 Å². The summed E-state index contributed by atoms with van der Waals surface area (Å²) in [4.78, 5) is 15.2. The summed E-state index contributed by atoms with van der Waals surface area (Å²) in [5, 5.41) is 0. The highest BCUT2D eigenvalue weighted by Gasteiger charge is 2.50. The fraction of sp³-hybridized carbons (Fsp3) is 0.389. The van der Waals surface area contributed by atoms with E-state index in [1.807, 2.05) is 36.2 Å². The van der Waals surface area contributed by atoms with Crippen LogP contribution >= 0.6 is 0 Å². The molecule has 0 saturated heterocycles. The SMILES string of the molecule is COC1=C(OC)C2C(=O)c3ccccc3N(C)C2C(OC)=C1OC. The summed E-state index contributed by atoms with van der Waals surface area (Å²) >= 11 is 0. The van der Waals surface area contributed by atoms with Gasteiger partial charge in [0, 0.05) is 18.3 Å². The summed E-state index contributed by atoms with van der Waals surface area (Å²) in [6.07, 6.45) is 0. The third-order valence-electron chi connectivity index (χ3n) is 4.62. The maximum atomic E-state index is 13.2. The number of hydrogen-bond acceptors (Lipinski definition) is 6. The number of nitrogens with zero attached hydrogens (tertiary/aromatic N) is 1. The van der Waals surface area contributed by atoms with Crippen LogP contribution in [0.25, 0.3) is 0 Å². The quantitative estimate of drug-likeness (QED) is 0.844. The van der Waals surface area contributed by atoms with Gasteiger partial charge in [0.05, 0.1) is 28.4 Å². The summed E-state index contributed by atoms with van der Waals surface area (Å²) in [6.45, 7) is 0. The van der Waals surface area contributed by atoms with Gasteiger partial charge in [-0.1, -0.05) is 12.1 Å². The number of ketones is 1. The van der Waals surface area contributed by atoms with Crippen molar-refractivity contribution in [2.24, 2.45) is 5.92 Å². The van der Waals surface area contributed by atoms with Gasteiger partial charge in [0.25, 0.3) is 0 Å². The second-order valence-corrected chi connectivity index (χ2v) is 5.62. The fourth-order valence-electron chi connectivity index (χ4n) is 3.58. The van der Waals surface area contributed by atoms with Crippen molar-refractivity contribution in [1.82, 2.24) is 0 Å². The van der Waals surface area contributed by atoms with Gasteiger partial charge in [-0.25, -0.2) is 0 Å². The van der Waals surface area contributed by atoms with Crippen molar-refractivity contribution in [3.63, 3.8) is 0 Å². The number of benzene rings is 1. The first-order valence-corrected chi connectivity index (χ1v) is 7.61. The molecule has 0 saturated carbocycles. The maximum Gasteiger partial charge on any atom is 0.204 e. The molecule has 2 unspecified atom stereocenters. The Morgan fingerprint density at radius 3 is 2.04 bits per heavy atom. The van der Waals surface area contributed by atoms with Crippen molar-refractivity contribution in [1.29, 1.82) is 0 Å². The van der Waals surface area contributed by atoms with Crippen molar-refractivity contribution in [2.45, 2.75) is 6.04 Å². The highest BCUT2D eigenvalue weighted by molar-refractivity contribution is 6.07. The van der Waals surface area contributed by atoms with Gasteiger partial charge in [-0.15, -0.1) is 0 Å².